The van der Waals surface area contributed by atoms with Crippen LogP contribution >= 0.6 is 23.1 Å². The predicted octanol–water partition coefficient (Wildman–Crippen LogP) is 2.98. The first-order valence-electron chi connectivity index (χ1n) is 4.92. The summed E-state index contributed by atoms with van der Waals surface area (Å²) in [4.78, 5) is 9.05. The number of aliphatic imine (C=N–C) groups is 1. The Morgan fingerprint density at radius 2 is 2.20 bits per heavy atom. The number of thiazole rings is 1. The van der Waals surface area contributed by atoms with E-state index in [0.29, 0.717) is 0 Å². The lowest BCUT2D eigenvalue weighted by Crippen LogP contribution is -1.93. The third-order valence-corrected chi connectivity index (χ3v) is 4.32. The van der Waals surface area contributed by atoms with E-state index in [2.05, 4.69) is 28.2 Å². The van der Waals surface area contributed by atoms with Crippen LogP contribution < -0.4 is 0 Å². The molecule has 2 heterocycles. The van der Waals surface area contributed by atoms with E-state index in [1.165, 1.54) is 14.8 Å². The summed E-state index contributed by atoms with van der Waals surface area (Å²) in [5.74, 6) is 1.14. The zero-order valence-corrected chi connectivity index (χ0v) is 9.77. The average molecular weight is 234 g/mol. The molecule has 0 saturated heterocycles. The molecule has 0 aliphatic carbocycles. The van der Waals surface area contributed by atoms with Gasteiger partial charge in [-0.1, -0.05) is 12.1 Å². The second kappa shape index (κ2) is 3.94. The van der Waals surface area contributed by atoms with E-state index >= 15 is 0 Å². The third kappa shape index (κ3) is 1.92. The summed E-state index contributed by atoms with van der Waals surface area (Å²) in [7, 11) is 0. The third-order valence-electron chi connectivity index (χ3n) is 2.29. The first kappa shape index (κ1) is 9.36. The number of rotatable bonds is 2. The number of thioether (sulfide) groups is 1. The zero-order valence-electron chi connectivity index (χ0n) is 8.14. The molecule has 1 aromatic carbocycles. The molecule has 1 aromatic heterocycles. The van der Waals surface area contributed by atoms with Gasteiger partial charge in [-0.25, -0.2) is 4.98 Å². The minimum Gasteiger partial charge on any atom is -0.282 e. The fraction of sp³-hybridized carbons (Fsp3) is 0.273. The zero-order chi connectivity index (χ0) is 10.1. The van der Waals surface area contributed by atoms with Gasteiger partial charge < -0.3 is 0 Å². The van der Waals surface area contributed by atoms with Gasteiger partial charge in [0.2, 0.25) is 0 Å². The lowest BCUT2D eigenvalue weighted by atomic mass is 10.3. The summed E-state index contributed by atoms with van der Waals surface area (Å²) in [5.41, 5.74) is 1.11. The molecule has 0 amide bonds. The monoisotopic (exact) mass is 234 g/mol. The van der Waals surface area contributed by atoms with Gasteiger partial charge in [0, 0.05) is 18.7 Å². The van der Waals surface area contributed by atoms with Crippen LogP contribution in [0.4, 0.5) is 0 Å². The van der Waals surface area contributed by atoms with E-state index < -0.39 is 0 Å². The van der Waals surface area contributed by atoms with Gasteiger partial charge in [0.25, 0.3) is 0 Å². The Balaban J connectivity index is 1.91. The van der Waals surface area contributed by atoms with Crippen molar-refractivity contribution in [3.05, 3.63) is 29.3 Å². The number of nitrogens with zero attached hydrogens (tertiary/aromatic N) is 2. The van der Waals surface area contributed by atoms with Crippen LogP contribution in [0.15, 0.2) is 29.3 Å². The molecule has 0 atom stereocenters. The van der Waals surface area contributed by atoms with Crippen molar-refractivity contribution in [2.45, 2.75) is 6.42 Å². The fourth-order valence-electron chi connectivity index (χ4n) is 1.61. The van der Waals surface area contributed by atoms with Crippen LogP contribution in [0.2, 0.25) is 0 Å². The van der Waals surface area contributed by atoms with Gasteiger partial charge in [-0.15, -0.1) is 23.1 Å². The van der Waals surface area contributed by atoms with Crippen molar-refractivity contribution in [3.63, 3.8) is 0 Å². The minimum absolute atomic E-state index is 0.921. The van der Waals surface area contributed by atoms with Gasteiger partial charge in [0.05, 0.1) is 15.3 Å². The normalized spacial score (nSPS) is 15.9. The number of aromatic nitrogens is 1. The molecule has 0 N–H and O–H groups in total. The number of hydrogen-bond donors (Lipinski definition) is 0. The highest BCUT2D eigenvalue weighted by Crippen LogP contribution is 2.24. The minimum atomic E-state index is 0.921. The summed E-state index contributed by atoms with van der Waals surface area (Å²) in [5, 5.41) is 2.43. The van der Waals surface area contributed by atoms with Crippen molar-refractivity contribution >= 4 is 38.4 Å². The van der Waals surface area contributed by atoms with Crippen molar-refractivity contribution in [3.8, 4) is 0 Å². The van der Waals surface area contributed by atoms with E-state index in [4.69, 9.17) is 0 Å². The molecule has 15 heavy (non-hydrogen) atoms. The Kier molecular flexibility index (Phi) is 2.46. The largest absolute Gasteiger partial charge is 0.282 e. The molecule has 76 valence electrons. The lowest BCUT2D eigenvalue weighted by molar-refractivity contribution is 1.16. The van der Waals surface area contributed by atoms with Gasteiger partial charge in [-0.3, -0.25) is 4.99 Å². The molecule has 1 aliphatic heterocycles. The standard InChI is InChI=1S/C11H10N2S2/c1-2-4-9-8(3-1)13-11(15-9)7-10-12-5-6-14-10/h1-4H,5-7H2. The van der Waals surface area contributed by atoms with Crippen molar-refractivity contribution in [2.24, 2.45) is 4.99 Å². The van der Waals surface area contributed by atoms with Gasteiger partial charge in [-0.2, -0.15) is 0 Å². The van der Waals surface area contributed by atoms with E-state index in [1.54, 1.807) is 11.3 Å². The molecule has 3 rings (SSSR count). The second-order valence-corrected chi connectivity index (χ2v) is 5.66. The quantitative estimate of drug-likeness (QED) is 0.798. The molecule has 0 radical (unpaired) electrons. The van der Waals surface area contributed by atoms with Crippen molar-refractivity contribution in [2.75, 3.05) is 12.3 Å². The van der Waals surface area contributed by atoms with Crippen LogP contribution in [0, 0.1) is 0 Å². The topological polar surface area (TPSA) is 25.2 Å². The predicted molar refractivity (Wildman–Crippen MR) is 68.1 cm³/mol. The highest BCUT2D eigenvalue weighted by molar-refractivity contribution is 8.14. The smallest absolute Gasteiger partial charge is 0.100 e. The average Bonchev–Trinajstić information content (AvgIpc) is 2.86. The van der Waals surface area contributed by atoms with Crippen LogP contribution in [0.1, 0.15) is 5.01 Å². The van der Waals surface area contributed by atoms with Crippen molar-refractivity contribution in [1.29, 1.82) is 0 Å². The SMILES string of the molecule is c1ccc2sc(CC3=NCCS3)nc2c1. The van der Waals surface area contributed by atoms with Crippen LogP contribution in [-0.4, -0.2) is 22.3 Å². The van der Waals surface area contributed by atoms with E-state index in [9.17, 15) is 0 Å². The van der Waals surface area contributed by atoms with Crippen LogP contribution in [0.3, 0.4) is 0 Å². The maximum Gasteiger partial charge on any atom is 0.100 e. The number of para-hydroxylation sites is 1. The Morgan fingerprint density at radius 1 is 1.27 bits per heavy atom. The molecule has 0 saturated carbocycles. The van der Waals surface area contributed by atoms with Gasteiger partial charge in [-0.05, 0) is 12.1 Å². The summed E-state index contributed by atoms with van der Waals surface area (Å²) in [6.07, 6.45) is 0.921. The highest BCUT2D eigenvalue weighted by Gasteiger charge is 2.10. The second-order valence-electron chi connectivity index (χ2n) is 3.38. The molecule has 1 aliphatic rings. The highest BCUT2D eigenvalue weighted by atomic mass is 32.2. The fourth-order valence-corrected chi connectivity index (χ4v) is 3.51. The van der Waals surface area contributed by atoms with Gasteiger partial charge >= 0.3 is 0 Å². The van der Waals surface area contributed by atoms with Crippen LogP contribution in [-0.2, 0) is 6.42 Å². The molecule has 0 unspecified atom stereocenters. The van der Waals surface area contributed by atoms with Crippen molar-refractivity contribution < 1.29 is 0 Å². The molecule has 0 spiro atoms. The summed E-state index contributed by atoms with van der Waals surface area (Å²) < 4.78 is 1.27. The molecule has 0 bridgehead atoms. The molecule has 4 heteroatoms. The van der Waals surface area contributed by atoms with Gasteiger partial charge in [0.15, 0.2) is 0 Å². The summed E-state index contributed by atoms with van der Waals surface area (Å²) >= 11 is 3.64. The first-order valence-corrected chi connectivity index (χ1v) is 6.72. The molecular formula is C11H10N2S2. The molecule has 2 aromatic rings. The van der Waals surface area contributed by atoms with Crippen LogP contribution in [0.25, 0.3) is 10.2 Å². The van der Waals surface area contributed by atoms with E-state index in [-0.39, 0.29) is 0 Å². The molecule has 0 fully saturated rings. The number of benzene rings is 1. The van der Waals surface area contributed by atoms with Crippen molar-refractivity contribution in [1.82, 2.24) is 4.98 Å². The Labute approximate surface area is 96.4 Å². The van der Waals surface area contributed by atoms with E-state index in [1.807, 2.05) is 17.8 Å². The Hall–Kier alpha value is -0.870. The summed E-state index contributed by atoms with van der Waals surface area (Å²) in [6.45, 7) is 0.977. The van der Waals surface area contributed by atoms with Crippen LogP contribution in [0.5, 0.6) is 0 Å². The summed E-state index contributed by atoms with van der Waals surface area (Å²) in [6, 6.07) is 8.29. The maximum atomic E-state index is 4.60. The number of hydrogen-bond acceptors (Lipinski definition) is 4. The lowest BCUT2D eigenvalue weighted by Gasteiger charge is -1.93. The molecule has 2 nitrogen and oxygen atoms in total. The maximum absolute atomic E-state index is 4.60. The Morgan fingerprint density at radius 3 is 3.00 bits per heavy atom. The number of fused-ring (bicyclic) bond motifs is 1. The first-order chi connectivity index (χ1) is 7.42. The molecular weight excluding hydrogens is 224 g/mol. The van der Waals surface area contributed by atoms with Gasteiger partial charge in [0.1, 0.15) is 5.01 Å². The van der Waals surface area contributed by atoms with E-state index in [0.717, 1.165) is 24.2 Å². The Bertz CT molecular complexity index is 483.